The minimum Gasteiger partial charge on any atom is -0.393 e. The van der Waals surface area contributed by atoms with E-state index < -0.39 is 0 Å². The first kappa shape index (κ1) is 16.3. The van der Waals surface area contributed by atoms with Gasteiger partial charge in [0.05, 0.1) is 25.4 Å². The van der Waals surface area contributed by atoms with Crippen LogP contribution in [0, 0.1) is 11.8 Å². The van der Waals surface area contributed by atoms with E-state index in [9.17, 15) is 9.90 Å². The zero-order valence-corrected chi connectivity index (χ0v) is 13.7. The summed E-state index contributed by atoms with van der Waals surface area (Å²) in [6.07, 6.45) is 11.1. The van der Waals surface area contributed by atoms with Crippen molar-refractivity contribution in [3.05, 3.63) is 0 Å². The summed E-state index contributed by atoms with van der Waals surface area (Å²) in [4.78, 5) is 14.9. The highest BCUT2D eigenvalue weighted by molar-refractivity contribution is 5.77. The molecule has 0 spiro atoms. The lowest BCUT2D eigenvalue weighted by Gasteiger charge is -2.40. The van der Waals surface area contributed by atoms with E-state index in [-0.39, 0.29) is 18.1 Å². The Morgan fingerprint density at radius 3 is 2.50 bits per heavy atom. The molecule has 0 radical (unpaired) electrons. The highest BCUT2D eigenvalue weighted by Crippen LogP contribution is 2.33. The molecule has 4 heteroatoms. The van der Waals surface area contributed by atoms with Crippen molar-refractivity contribution in [1.82, 2.24) is 4.90 Å². The highest BCUT2D eigenvalue weighted by atomic mass is 16.5. The molecule has 1 aliphatic heterocycles. The van der Waals surface area contributed by atoms with Gasteiger partial charge >= 0.3 is 0 Å². The monoisotopic (exact) mass is 309 g/mol. The van der Waals surface area contributed by atoms with Crippen LogP contribution in [0.5, 0.6) is 0 Å². The van der Waals surface area contributed by atoms with Gasteiger partial charge in [-0.15, -0.1) is 0 Å². The van der Waals surface area contributed by atoms with Crippen LogP contribution < -0.4 is 0 Å². The van der Waals surface area contributed by atoms with Crippen molar-refractivity contribution in [3.63, 3.8) is 0 Å². The minimum atomic E-state index is -0.250. The maximum Gasteiger partial charge on any atom is 0.223 e. The summed E-state index contributed by atoms with van der Waals surface area (Å²) in [7, 11) is 0. The standard InChI is InChI=1S/C18H31NO3/c20-17-9-5-8-15(17)16-13-22-11-10-19(16)18(21)12-14-6-3-1-2-4-7-14/h14-17,20H,1-13H2/t15-,16+,17-/m0/s1. The smallest absolute Gasteiger partial charge is 0.223 e. The molecule has 1 N–H and O–H groups in total. The lowest BCUT2D eigenvalue weighted by atomic mass is 9.92. The van der Waals surface area contributed by atoms with Crippen LogP contribution in [0.1, 0.15) is 64.2 Å². The van der Waals surface area contributed by atoms with Crippen LogP contribution in [-0.2, 0) is 9.53 Å². The van der Waals surface area contributed by atoms with Crippen LogP contribution in [0.25, 0.3) is 0 Å². The first-order valence-electron chi connectivity index (χ1n) is 9.31. The number of carbonyl (C=O) groups excluding carboxylic acids is 1. The van der Waals surface area contributed by atoms with Crippen molar-refractivity contribution >= 4 is 5.91 Å². The third-order valence-corrected chi connectivity index (χ3v) is 5.95. The van der Waals surface area contributed by atoms with E-state index >= 15 is 0 Å². The van der Waals surface area contributed by atoms with E-state index in [1.165, 1.54) is 38.5 Å². The molecule has 1 saturated heterocycles. The predicted molar refractivity (Wildman–Crippen MR) is 85.5 cm³/mol. The molecule has 0 unspecified atom stereocenters. The summed E-state index contributed by atoms with van der Waals surface area (Å²) in [6, 6.07) is 0.101. The fourth-order valence-electron chi connectivity index (χ4n) is 4.64. The molecule has 0 aromatic rings. The van der Waals surface area contributed by atoms with Crippen molar-refractivity contribution in [1.29, 1.82) is 0 Å². The lowest BCUT2D eigenvalue weighted by molar-refractivity contribution is -0.145. The van der Waals surface area contributed by atoms with Gasteiger partial charge in [-0.05, 0) is 31.6 Å². The van der Waals surface area contributed by atoms with Gasteiger partial charge in [0.2, 0.25) is 5.91 Å². The normalized spacial score (nSPS) is 34.6. The number of morpholine rings is 1. The summed E-state index contributed by atoms with van der Waals surface area (Å²) in [5.74, 6) is 1.10. The fraction of sp³-hybridized carbons (Fsp3) is 0.944. The summed E-state index contributed by atoms with van der Waals surface area (Å²) >= 11 is 0. The van der Waals surface area contributed by atoms with Gasteiger partial charge < -0.3 is 14.7 Å². The number of nitrogens with zero attached hydrogens (tertiary/aromatic N) is 1. The van der Waals surface area contributed by atoms with Gasteiger partial charge in [0.1, 0.15) is 0 Å². The third-order valence-electron chi connectivity index (χ3n) is 5.95. The van der Waals surface area contributed by atoms with Gasteiger partial charge in [0.25, 0.3) is 0 Å². The van der Waals surface area contributed by atoms with Crippen LogP contribution in [0.2, 0.25) is 0 Å². The predicted octanol–water partition coefficient (Wildman–Crippen LogP) is 2.74. The number of amides is 1. The molecule has 22 heavy (non-hydrogen) atoms. The Morgan fingerprint density at radius 2 is 1.82 bits per heavy atom. The first-order valence-corrected chi connectivity index (χ1v) is 9.31. The molecule has 3 fully saturated rings. The Balaban J connectivity index is 1.60. The number of aliphatic hydroxyl groups is 1. The highest BCUT2D eigenvalue weighted by Gasteiger charge is 2.39. The van der Waals surface area contributed by atoms with Gasteiger partial charge in [-0.25, -0.2) is 0 Å². The number of hydrogen-bond donors (Lipinski definition) is 1. The van der Waals surface area contributed by atoms with Crippen LogP contribution in [0.15, 0.2) is 0 Å². The molecule has 1 heterocycles. The number of rotatable bonds is 3. The van der Waals surface area contributed by atoms with Crippen molar-refractivity contribution in [3.8, 4) is 0 Å². The van der Waals surface area contributed by atoms with Crippen LogP contribution in [0.4, 0.5) is 0 Å². The Hall–Kier alpha value is -0.610. The van der Waals surface area contributed by atoms with E-state index in [0.717, 1.165) is 19.3 Å². The van der Waals surface area contributed by atoms with Crippen LogP contribution in [-0.4, -0.2) is 47.8 Å². The van der Waals surface area contributed by atoms with Gasteiger partial charge in [-0.1, -0.05) is 32.1 Å². The maximum absolute atomic E-state index is 12.8. The molecule has 2 saturated carbocycles. The second-order valence-electron chi connectivity index (χ2n) is 7.45. The topological polar surface area (TPSA) is 49.8 Å². The third kappa shape index (κ3) is 3.83. The van der Waals surface area contributed by atoms with E-state index in [2.05, 4.69) is 0 Å². The number of ether oxygens (including phenoxy) is 1. The molecule has 126 valence electrons. The zero-order valence-electron chi connectivity index (χ0n) is 13.7. The maximum atomic E-state index is 12.8. The second kappa shape index (κ2) is 7.78. The lowest BCUT2D eigenvalue weighted by Crippen LogP contribution is -2.53. The number of carbonyl (C=O) groups is 1. The summed E-state index contributed by atoms with van der Waals surface area (Å²) in [6.45, 7) is 1.97. The molecule has 0 aromatic carbocycles. The van der Waals surface area contributed by atoms with E-state index in [1.54, 1.807) is 0 Å². The quantitative estimate of drug-likeness (QED) is 0.816. The fourth-order valence-corrected chi connectivity index (χ4v) is 4.64. The van der Waals surface area contributed by atoms with E-state index in [1.807, 2.05) is 4.90 Å². The van der Waals surface area contributed by atoms with E-state index in [4.69, 9.17) is 4.74 Å². The molecule has 0 bridgehead atoms. The molecule has 3 rings (SSSR count). The molecule has 3 atom stereocenters. The second-order valence-corrected chi connectivity index (χ2v) is 7.45. The summed E-state index contributed by atoms with van der Waals surface area (Å²) in [5, 5.41) is 10.2. The molecule has 1 amide bonds. The van der Waals surface area contributed by atoms with Crippen LogP contribution >= 0.6 is 0 Å². The Kier molecular flexibility index (Phi) is 5.75. The molecule has 2 aliphatic carbocycles. The van der Waals surface area contributed by atoms with Crippen molar-refractivity contribution in [2.24, 2.45) is 11.8 Å². The van der Waals surface area contributed by atoms with Crippen molar-refractivity contribution < 1.29 is 14.6 Å². The number of aliphatic hydroxyl groups excluding tert-OH is 1. The molecule has 0 aromatic heterocycles. The van der Waals surface area contributed by atoms with Crippen molar-refractivity contribution in [2.75, 3.05) is 19.8 Å². The Labute approximate surface area is 134 Å². The first-order chi connectivity index (χ1) is 10.8. The molecular formula is C18H31NO3. The van der Waals surface area contributed by atoms with Gasteiger partial charge in [-0.3, -0.25) is 4.79 Å². The van der Waals surface area contributed by atoms with Gasteiger partial charge in [-0.2, -0.15) is 0 Å². The average Bonchev–Trinajstić information content (AvgIpc) is 2.80. The van der Waals surface area contributed by atoms with Gasteiger partial charge in [0.15, 0.2) is 0 Å². The summed E-state index contributed by atoms with van der Waals surface area (Å²) < 4.78 is 5.63. The summed E-state index contributed by atoms with van der Waals surface area (Å²) in [5.41, 5.74) is 0. The SMILES string of the molecule is O=C(CC1CCCCCC1)N1CCOC[C@@H]1[C@@H]1CCC[C@@H]1O. The van der Waals surface area contributed by atoms with Crippen molar-refractivity contribution in [2.45, 2.75) is 76.4 Å². The minimum absolute atomic E-state index is 0.101. The number of hydrogen-bond acceptors (Lipinski definition) is 3. The van der Waals surface area contributed by atoms with Gasteiger partial charge in [0, 0.05) is 18.9 Å². The molecule has 3 aliphatic rings. The Bertz CT molecular complexity index is 365. The largest absolute Gasteiger partial charge is 0.393 e. The molecular weight excluding hydrogens is 278 g/mol. The van der Waals surface area contributed by atoms with Crippen LogP contribution in [0.3, 0.4) is 0 Å². The van der Waals surface area contributed by atoms with E-state index in [0.29, 0.717) is 38.0 Å². The average molecular weight is 309 g/mol. The zero-order chi connectivity index (χ0) is 15.4. The molecule has 4 nitrogen and oxygen atoms in total. The Morgan fingerprint density at radius 1 is 1.05 bits per heavy atom.